The standard InChI is InChI=1S/C31H39N3O5S/c1-7-39-27-17-15-26(16-18-27)34(40(37,38)28-19-13-23(2)14-20-28)22-29(35)33(21-25-11-9-8-10-12-25)24(3)30(36)32-31(4,5)6/h8-20,24H,7,21-22H2,1-6H3,(H,32,36). The van der Waals surface area contributed by atoms with Crippen LogP contribution in [0.5, 0.6) is 5.75 Å². The minimum Gasteiger partial charge on any atom is -0.494 e. The molecule has 1 atom stereocenters. The number of hydrogen-bond donors (Lipinski definition) is 1. The summed E-state index contributed by atoms with van der Waals surface area (Å²) in [5, 5.41) is 2.93. The van der Waals surface area contributed by atoms with E-state index in [0.717, 1.165) is 15.4 Å². The Labute approximate surface area is 238 Å². The van der Waals surface area contributed by atoms with Crippen LogP contribution in [0.4, 0.5) is 5.69 Å². The van der Waals surface area contributed by atoms with Crippen molar-refractivity contribution in [3.05, 3.63) is 90.0 Å². The van der Waals surface area contributed by atoms with Crippen LogP contribution in [0.15, 0.2) is 83.8 Å². The van der Waals surface area contributed by atoms with Gasteiger partial charge in [-0.1, -0.05) is 48.0 Å². The Bertz CT molecular complexity index is 1380. The van der Waals surface area contributed by atoms with E-state index in [2.05, 4.69) is 5.32 Å². The molecule has 2 amide bonds. The molecule has 1 unspecified atom stereocenters. The van der Waals surface area contributed by atoms with Gasteiger partial charge in [0.05, 0.1) is 17.2 Å². The molecule has 214 valence electrons. The van der Waals surface area contributed by atoms with Gasteiger partial charge in [-0.3, -0.25) is 13.9 Å². The lowest BCUT2D eigenvalue weighted by Crippen LogP contribution is -2.54. The molecule has 3 aromatic rings. The maximum absolute atomic E-state index is 14.0. The highest BCUT2D eigenvalue weighted by molar-refractivity contribution is 7.92. The van der Waals surface area contributed by atoms with Gasteiger partial charge in [-0.25, -0.2) is 8.42 Å². The first-order valence-corrected chi connectivity index (χ1v) is 14.7. The molecule has 0 saturated heterocycles. The third-order valence-electron chi connectivity index (χ3n) is 6.18. The van der Waals surface area contributed by atoms with Crippen LogP contribution >= 0.6 is 0 Å². The molecule has 8 nitrogen and oxygen atoms in total. The van der Waals surface area contributed by atoms with Gasteiger partial charge in [0.25, 0.3) is 10.0 Å². The zero-order valence-corrected chi connectivity index (χ0v) is 24.9. The monoisotopic (exact) mass is 565 g/mol. The Balaban J connectivity index is 2.02. The smallest absolute Gasteiger partial charge is 0.264 e. The van der Waals surface area contributed by atoms with Crippen molar-refractivity contribution in [1.29, 1.82) is 0 Å². The molecule has 0 aliphatic heterocycles. The second-order valence-corrected chi connectivity index (χ2v) is 12.5. The third-order valence-corrected chi connectivity index (χ3v) is 7.97. The topological polar surface area (TPSA) is 96.0 Å². The lowest BCUT2D eigenvalue weighted by Gasteiger charge is -2.33. The number of benzene rings is 3. The predicted molar refractivity (Wildman–Crippen MR) is 158 cm³/mol. The summed E-state index contributed by atoms with van der Waals surface area (Å²) in [6.07, 6.45) is 0. The second-order valence-electron chi connectivity index (χ2n) is 10.7. The van der Waals surface area contributed by atoms with Gasteiger partial charge in [-0.15, -0.1) is 0 Å². The first kappa shape index (κ1) is 30.7. The molecule has 3 rings (SSSR count). The molecule has 0 radical (unpaired) electrons. The van der Waals surface area contributed by atoms with Crippen LogP contribution in [0.1, 0.15) is 45.7 Å². The first-order chi connectivity index (χ1) is 18.8. The number of aryl methyl sites for hydroxylation is 1. The molecular formula is C31H39N3O5S. The van der Waals surface area contributed by atoms with Gasteiger partial charge in [0.15, 0.2) is 0 Å². The maximum Gasteiger partial charge on any atom is 0.264 e. The van der Waals surface area contributed by atoms with Gasteiger partial charge in [0, 0.05) is 12.1 Å². The molecule has 0 aliphatic rings. The molecule has 9 heteroatoms. The Morgan fingerprint density at radius 2 is 1.52 bits per heavy atom. The lowest BCUT2D eigenvalue weighted by molar-refractivity contribution is -0.140. The minimum absolute atomic E-state index is 0.0629. The van der Waals surface area contributed by atoms with Crippen LogP contribution in [0.2, 0.25) is 0 Å². The number of amides is 2. The molecule has 0 aliphatic carbocycles. The van der Waals surface area contributed by atoms with Crippen LogP contribution < -0.4 is 14.4 Å². The average Bonchev–Trinajstić information content (AvgIpc) is 2.90. The number of anilines is 1. The average molecular weight is 566 g/mol. The number of sulfonamides is 1. The van der Waals surface area contributed by atoms with E-state index in [4.69, 9.17) is 4.74 Å². The number of nitrogens with one attached hydrogen (secondary N) is 1. The van der Waals surface area contributed by atoms with Crippen LogP contribution in [0, 0.1) is 6.92 Å². The zero-order chi connectivity index (χ0) is 29.5. The summed E-state index contributed by atoms with van der Waals surface area (Å²) in [7, 11) is -4.13. The molecule has 40 heavy (non-hydrogen) atoms. The van der Waals surface area contributed by atoms with Gasteiger partial charge in [0.1, 0.15) is 18.3 Å². The van der Waals surface area contributed by atoms with E-state index in [-0.39, 0.29) is 17.3 Å². The molecule has 3 aromatic carbocycles. The number of rotatable bonds is 11. The van der Waals surface area contributed by atoms with Gasteiger partial charge in [-0.05, 0) is 83.5 Å². The fraction of sp³-hybridized carbons (Fsp3) is 0.355. The van der Waals surface area contributed by atoms with Crippen molar-refractivity contribution < 1.29 is 22.7 Å². The van der Waals surface area contributed by atoms with Crippen molar-refractivity contribution >= 4 is 27.5 Å². The summed E-state index contributed by atoms with van der Waals surface area (Å²) in [5.74, 6) is -0.251. The second kappa shape index (κ2) is 13.0. The highest BCUT2D eigenvalue weighted by Crippen LogP contribution is 2.27. The summed E-state index contributed by atoms with van der Waals surface area (Å²) in [6.45, 7) is 11.1. The SMILES string of the molecule is CCOc1ccc(N(CC(=O)N(Cc2ccccc2)C(C)C(=O)NC(C)(C)C)S(=O)(=O)c2ccc(C)cc2)cc1. The van der Waals surface area contributed by atoms with Crippen molar-refractivity contribution in [2.45, 2.75) is 64.6 Å². The quantitative estimate of drug-likeness (QED) is 0.356. The number of hydrogen-bond acceptors (Lipinski definition) is 5. The van der Waals surface area contributed by atoms with E-state index in [9.17, 15) is 18.0 Å². The molecule has 0 spiro atoms. The lowest BCUT2D eigenvalue weighted by atomic mass is 10.1. The molecular weight excluding hydrogens is 526 g/mol. The van der Waals surface area contributed by atoms with Gasteiger partial charge >= 0.3 is 0 Å². The van der Waals surface area contributed by atoms with Crippen molar-refractivity contribution in [3.8, 4) is 5.75 Å². The fourth-order valence-corrected chi connectivity index (χ4v) is 5.49. The summed E-state index contributed by atoms with van der Waals surface area (Å²) in [6, 6.07) is 21.5. The normalized spacial score (nSPS) is 12.3. The molecule has 0 fully saturated rings. The number of nitrogens with zero attached hydrogens (tertiary/aromatic N) is 2. The summed E-state index contributed by atoms with van der Waals surface area (Å²) < 4.78 is 34.4. The Hall–Kier alpha value is -3.85. The Morgan fingerprint density at radius 3 is 2.08 bits per heavy atom. The molecule has 0 saturated carbocycles. The molecule has 0 bridgehead atoms. The predicted octanol–water partition coefficient (Wildman–Crippen LogP) is 4.92. The van der Waals surface area contributed by atoms with Crippen molar-refractivity contribution in [2.75, 3.05) is 17.5 Å². The maximum atomic E-state index is 14.0. The van der Waals surface area contributed by atoms with Crippen LogP contribution in [0.25, 0.3) is 0 Å². The van der Waals surface area contributed by atoms with Crippen LogP contribution in [-0.2, 0) is 26.2 Å². The summed E-state index contributed by atoms with van der Waals surface area (Å²) >= 11 is 0. The summed E-state index contributed by atoms with van der Waals surface area (Å²) in [4.78, 5) is 28.6. The van der Waals surface area contributed by atoms with Crippen molar-refractivity contribution in [3.63, 3.8) is 0 Å². The van der Waals surface area contributed by atoms with Crippen LogP contribution in [-0.4, -0.2) is 49.9 Å². The first-order valence-electron chi connectivity index (χ1n) is 13.3. The minimum atomic E-state index is -4.13. The number of carbonyl (C=O) groups excluding carboxylic acids is 2. The van der Waals surface area contributed by atoms with Crippen molar-refractivity contribution in [2.24, 2.45) is 0 Å². The number of ether oxygens (including phenoxy) is 1. The van der Waals surface area contributed by atoms with Gasteiger partial charge in [-0.2, -0.15) is 0 Å². The Kier molecular flexibility index (Phi) is 9.98. The van der Waals surface area contributed by atoms with E-state index in [0.29, 0.717) is 18.0 Å². The van der Waals surface area contributed by atoms with Gasteiger partial charge in [0.2, 0.25) is 11.8 Å². The van der Waals surface area contributed by atoms with Gasteiger partial charge < -0.3 is 15.0 Å². The summed E-state index contributed by atoms with van der Waals surface area (Å²) in [5.41, 5.74) is 1.54. The molecule has 0 heterocycles. The highest BCUT2D eigenvalue weighted by atomic mass is 32.2. The Morgan fingerprint density at radius 1 is 0.925 bits per heavy atom. The van der Waals surface area contributed by atoms with E-state index in [1.165, 1.54) is 17.0 Å². The zero-order valence-electron chi connectivity index (χ0n) is 24.0. The van der Waals surface area contributed by atoms with E-state index in [1.54, 1.807) is 43.3 Å². The van der Waals surface area contributed by atoms with E-state index < -0.39 is 34.1 Å². The van der Waals surface area contributed by atoms with Crippen LogP contribution in [0.3, 0.4) is 0 Å². The largest absolute Gasteiger partial charge is 0.494 e. The molecule has 0 aromatic heterocycles. The third kappa shape index (κ3) is 8.08. The fourth-order valence-electron chi connectivity index (χ4n) is 4.08. The highest BCUT2D eigenvalue weighted by Gasteiger charge is 2.33. The van der Waals surface area contributed by atoms with E-state index >= 15 is 0 Å². The number of carbonyl (C=O) groups is 2. The molecule has 1 N–H and O–H groups in total. The van der Waals surface area contributed by atoms with E-state index in [1.807, 2.05) is 65.0 Å². The van der Waals surface area contributed by atoms with Crippen molar-refractivity contribution in [1.82, 2.24) is 10.2 Å².